The van der Waals surface area contributed by atoms with Crippen molar-refractivity contribution < 1.29 is 8.78 Å². The van der Waals surface area contributed by atoms with Crippen LogP contribution in [0.25, 0.3) is 0 Å². The Morgan fingerprint density at radius 3 is 2.62 bits per heavy atom. The molecule has 0 heterocycles. The number of aryl methyl sites for hydroxylation is 1. The van der Waals surface area contributed by atoms with Crippen LogP contribution in [-0.2, 0) is 13.1 Å². The van der Waals surface area contributed by atoms with Gasteiger partial charge in [-0.05, 0) is 24.1 Å². The Kier molecular flexibility index (Phi) is 2.97. The lowest BCUT2D eigenvalue weighted by molar-refractivity contribution is 0.461. The molecule has 0 radical (unpaired) electrons. The lowest BCUT2D eigenvalue weighted by Gasteiger charge is -2.04. The largest absolute Gasteiger partial charge is 0.246 e. The molecule has 13 heavy (non-hydrogen) atoms. The van der Waals surface area contributed by atoms with Crippen LogP contribution in [0.15, 0.2) is 12.1 Å². The Hall–Kier alpha value is -1.43. The lowest BCUT2D eigenvalue weighted by Crippen LogP contribution is -1.94. The van der Waals surface area contributed by atoms with Gasteiger partial charge in [0.2, 0.25) is 0 Å². The number of rotatable bonds is 2. The Labute approximate surface area is 75.6 Å². The molecule has 0 atom stereocenters. The van der Waals surface area contributed by atoms with E-state index >= 15 is 0 Å². The molecule has 0 spiro atoms. The molecule has 0 bridgehead atoms. The van der Waals surface area contributed by atoms with Crippen molar-refractivity contribution in [3.05, 3.63) is 34.6 Å². The van der Waals surface area contributed by atoms with Crippen LogP contribution in [0.4, 0.5) is 8.78 Å². The van der Waals surface area contributed by atoms with Crippen LogP contribution < -0.4 is 0 Å². The molecule has 0 amide bonds. The summed E-state index contributed by atoms with van der Waals surface area (Å²) in [5, 5.41) is 8.38. The standard InChI is InChI=1S/C10H9F2N/c1-7-4-8(2-3-13)5-10(12)9(7)6-11/h4-5H,2,6H2,1H3. The van der Waals surface area contributed by atoms with E-state index in [0.717, 1.165) is 0 Å². The predicted molar refractivity (Wildman–Crippen MR) is 45.3 cm³/mol. The van der Waals surface area contributed by atoms with Gasteiger partial charge in [-0.25, -0.2) is 8.78 Å². The van der Waals surface area contributed by atoms with Crippen LogP contribution >= 0.6 is 0 Å². The van der Waals surface area contributed by atoms with Gasteiger partial charge in [-0.1, -0.05) is 6.07 Å². The summed E-state index contributed by atoms with van der Waals surface area (Å²) in [6, 6.07) is 4.77. The van der Waals surface area contributed by atoms with E-state index in [4.69, 9.17) is 5.26 Å². The van der Waals surface area contributed by atoms with Gasteiger partial charge in [-0.3, -0.25) is 0 Å². The first kappa shape index (κ1) is 9.66. The minimum atomic E-state index is -0.801. The zero-order valence-corrected chi connectivity index (χ0v) is 7.27. The van der Waals surface area contributed by atoms with Gasteiger partial charge in [-0.2, -0.15) is 5.26 Å². The molecule has 1 aromatic rings. The van der Waals surface area contributed by atoms with Gasteiger partial charge in [0.05, 0.1) is 12.5 Å². The first-order valence-corrected chi connectivity index (χ1v) is 3.90. The van der Waals surface area contributed by atoms with E-state index in [1.165, 1.54) is 6.07 Å². The second kappa shape index (κ2) is 3.99. The van der Waals surface area contributed by atoms with Crippen LogP contribution in [0.1, 0.15) is 16.7 Å². The summed E-state index contributed by atoms with van der Waals surface area (Å²) >= 11 is 0. The smallest absolute Gasteiger partial charge is 0.129 e. The second-order valence-electron chi connectivity index (χ2n) is 2.84. The highest BCUT2D eigenvalue weighted by atomic mass is 19.1. The Morgan fingerprint density at radius 1 is 1.46 bits per heavy atom. The second-order valence-corrected chi connectivity index (χ2v) is 2.84. The van der Waals surface area contributed by atoms with E-state index in [0.29, 0.717) is 11.1 Å². The van der Waals surface area contributed by atoms with Crippen molar-refractivity contribution in [2.45, 2.75) is 20.0 Å². The van der Waals surface area contributed by atoms with Crippen molar-refractivity contribution in [1.82, 2.24) is 0 Å². The number of nitrogens with zero attached hydrogens (tertiary/aromatic N) is 1. The molecule has 0 aliphatic rings. The molecule has 1 aromatic carbocycles. The average Bonchev–Trinajstić information content (AvgIpc) is 2.04. The fourth-order valence-corrected chi connectivity index (χ4v) is 1.21. The molecule has 0 aliphatic carbocycles. The molecular formula is C10H9F2N. The number of nitriles is 1. The summed E-state index contributed by atoms with van der Waals surface area (Å²) in [6.07, 6.45) is 0.157. The zero-order valence-electron chi connectivity index (χ0n) is 7.27. The van der Waals surface area contributed by atoms with E-state index in [1.807, 2.05) is 6.07 Å². The quantitative estimate of drug-likeness (QED) is 0.688. The molecule has 0 aromatic heterocycles. The van der Waals surface area contributed by atoms with Gasteiger partial charge in [-0.15, -0.1) is 0 Å². The van der Waals surface area contributed by atoms with Gasteiger partial charge in [0, 0.05) is 5.56 Å². The number of alkyl halides is 1. The number of hydrogen-bond donors (Lipinski definition) is 0. The molecule has 3 heteroatoms. The SMILES string of the molecule is Cc1cc(CC#N)cc(F)c1CF. The highest BCUT2D eigenvalue weighted by Gasteiger charge is 2.07. The van der Waals surface area contributed by atoms with E-state index in [2.05, 4.69) is 0 Å². The van der Waals surface area contributed by atoms with Crippen molar-refractivity contribution in [2.24, 2.45) is 0 Å². The zero-order chi connectivity index (χ0) is 9.84. The number of halogens is 2. The molecule has 1 rings (SSSR count). The number of benzene rings is 1. The average molecular weight is 181 g/mol. The fourth-order valence-electron chi connectivity index (χ4n) is 1.21. The Morgan fingerprint density at radius 2 is 2.15 bits per heavy atom. The minimum Gasteiger partial charge on any atom is -0.246 e. The van der Waals surface area contributed by atoms with Crippen molar-refractivity contribution in [3.63, 3.8) is 0 Å². The maximum absolute atomic E-state index is 13.1. The third kappa shape index (κ3) is 2.03. The molecule has 1 nitrogen and oxygen atoms in total. The Bertz CT molecular complexity index is 329. The molecule has 0 saturated carbocycles. The topological polar surface area (TPSA) is 23.8 Å². The minimum absolute atomic E-state index is 0.0849. The molecule has 0 N–H and O–H groups in total. The summed E-state index contributed by atoms with van der Waals surface area (Å²) in [6.45, 7) is 0.837. The van der Waals surface area contributed by atoms with Crippen LogP contribution in [0.5, 0.6) is 0 Å². The van der Waals surface area contributed by atoms with Crippen LogP contribution in [0, 0.1) is 24.1 Å². The molecular weight excluding hydrogens is 172 g/mol. The summed E-state index contributed by atoms with van der Waals surface area (Å²) in [7, 11) is 0. The normalized spacial score (nSPS) is 9.69. The third-order valence-corrected chi connectivity index (χ3v) is 1.90. The first-order valence-electron chi connectivity index (χ1n) is 3.90. The monoisotopic (exact) mass is 181 g/mol. The maximum Gasteiger partial charge on any atom is 0.129 e. The Balaban J connectivity index is 3.14. The lowest BCUT2D eigenvalue weighted by atomic mass is 10.0. The van der Waals surface area contributed by atoms with Gasteiger partial charge in [0.25, 0.3) is 0 Å². The summed E-state index contributed by atoms with van der Waals surface area (Å²) in [5.74, 6) is -0.562. The number of hydrogen-bond acceptors (Lipinski definition) is 1. The first-order chi connectivity index (χ1) is 6.19. The van der Waals surface area contributed by atoms with E-state index < -0.39 is 12.5 Å². The van der Waals surface area contributed by atoms with Gasteiger partial charge in [0.1, 0.15) is 12.5 Å². The van der Waals surface area contributed by atoms with Crippen LogP contribution in [0.3, 0.4) is 0 Å². The summed E-state index contributed by atoms with van der Waals surface area (Å²) in [4.78, 5) is 0. The van der Waals surface area contributed by atoms with Gasteiger partial charge in [0.15, 0.2) is 0 Å². The third-order valence-electron chi connectivity index (χ3n) is 1.90. The van der Waals surface area contributed by atoms with Crippen molar-refractivity contribution in [2.75, 3.05) is 0 Å². The fraction of sp³-hybridized carbons (Fsp3) is 0.300. The van der Waals surface area contributed by atoms with Crippen molar-refractivity contribution >= 4 is 0 Å². The van der Waals surface area contributed by atoms with Crippen LogP contribution in [-0.4, -0.2) is 0 Å². The molecule has 0 saturated heterocycles. The van der Waals surface area contributed by atoms with Gasteiger partial charge < -0.3 is 0 Å². The maximum atomic E-state index is 13.1. The molecule has 0 fully saturated rings. The summed E-state index contributed by atoms with van der Waals surface area (Å²) < 4.78 is 25.3. The highest BCUT2D eigenvalue weighted by molar-refractivity contribution is 5.33. The highest BCUT2D eigenvalue weighted by Crippen LogP contribution is 2.17. The molecule has 0 aliphatic heterocycles. The van der Waals surface area contributed by atoms with Crippen molar-refractivity contribution in [1.29, 1.82) is 5.26 Å². The molecule has 68 valence electrons. The predicted octanol–water partition coefficient (Wildman–Crippen LogP) is 2.67. The molecule has 0 unspecified atom stereocenters. The van der Waals surface area contributed by atoms with Crippen molar-refractivity contribution in [3.8, 4) is 6.07 Å². The van der Waals surface area contributed by atoms with E-state index in [9.17, 15) is 8.78 Å². The van der Waals surface area contributed by atoms with Crippen LogP contribution in [0.2, 0.25) is 0 Å². The summed E-state index contributed by atoms with van der Waals surface area (Å²) in [5.41, 5.74) is 1.24. The van der Waals surface area contributed by atoms with E-state index in [1.54, 1.807) is 13.0 Å². The van der Waals surface area contributed by atoms with Gasteiger partial charge >= 0.3 is 0 Å². The van der Waals surface area contributed by atoms with E-state index in [-0.39, 0.29) is 12.0 Å².